The van der Waals surface area contributed by atoms with Gasteiger partial charge in [0.15, 0.2) is 0 Å². The average Bonchev–Trinajstić information content (AvgIpc) is 3.37. The number of rotatable bonds is 4. The Balaban J connectivity index is 1.46. The van der Waals surface area contributed by atoms with Gasteiger partial charge in [-0.2, -0.15) is 5.10 Å². The van der Waals surface area contributed by atoms with Crippen LogP contribution >= 0.6 is 0 Å². The molecule has 3 aliphatic rings. The van der Waals surface area contributed by atoms with Crippen LogP contribution in [0.1, 0.15) is 17.2 Å². The van der Waals surface area contributed by atoms with E-state index in [-0.39, 0.29) is 11.8 Å². The van der Waals surface area contributed by atoms with Gasteiger partial charge in [0.05, 0.1) is 36.9 Å². The van der Waals surface area contributed by atoms with Crippen molar-refractivity contribution < 1.29 is 19.1 Å². The van der Waals surface area contributed by atoms with Crippen molar-refractivity contribution in [3.05, 3.63) is 90.0 Å². The number of benzene rings is 3. The van der Waals surface area contributed by atoms with E-state index in [1.807, 2.05) is 42.5 Å². The largest absolute Gasteiger partial charge is 0.495 e. The molecule has 3 heterocycles. The van der Waals surface area contributed by atoms with E-state index in [1.165, 1.54) is 12.0 Å². The molecule has 3 aliphatic heterocycles. The van der Waals surface area contributed by atoms with Crippen LogP contribution in [0, 0.1) is 11.8 Å². The maximum atomic E-state index is 13.9. The number of imide groups is 1. The number of para-hydroxylation sites is 3. The van der Waals surface area contributed by atoms with E-state index in [2.05, 4.69) is 10.4 Å². The molecule has 2 saturated heterocycles. The lowest BCUT2D eigenvalue weighted by Gasteiger charge is -2.33. The Labute approximate surface area is 201 Å². The zero-order chi connectivity index (χ0) is 24.1. The molecule has 8 heteroatoms. The van der Waals surface area contributed by atoms with E-state index >= 15 is 0 Å². The number of carbonyl (C=O) groups excluding carboxylic acids is 3. The zero-order valence-corrected chi connectivity index (χ0v) is 18.9. The number of methoxy groups -OCH3 is 1. The topological polar surface area (TPSA) is 91.3 Å². The predicted octanol–water partition coefficient (Wildman–Crippen LogP) is 3.21. The first-order chi connectivity index (χ1) is 17.1. The Morgan fingerprint density at radius 2 is 1.57 bits per heavy atom. The fourth-order valence-corrected chi connectivity index (χ4v) is 5.46. The lowest BCUT2D eigenvalue weighted by molar-refractivity contribution is -0.129. The Hall–Kier alpha value is -4.46. The molecule has 0 aromatic heterocycles. The number of nitrogens with one attached hydrogen (secondary N) is 1. The predicted molar refractivity (Wildman–Crippen MR) is 130 cm³/mol. The van der Waals surface area contributed by atoms with Crippen LogP contribution in [0.2, 0.25) is 0 Å². The summed E-state index contributed by atoms with van der Waals surface area (Å²) >= 11 is 0. The molecule has 0 bridgehead atoms. The van der Waals surface area contributed by atoms with Crippen molar-refractivity contribution in [2.45, 2.75) is 12.1 Å². The number of ether oxygens (including phenoxy) is 1. The molecule has 6 rings (SSSR count). The smallest absolute Gasteiger partial charge is 0.249 e. The number of anilines is 2. The van der Waals surface area contributed by atoms with Gasteiger partial charge >= 0.3 is 0 Å². The van der Waals surface area contributed by atoms with Crippen LogP contribution in [-0.2, 0) is 14.4 Å². The minimum absolute atomic E-state index is 0.360. The summed E-state index contributed by atoms with van der Waals surface area (Å²) in [6, 6.07) is 22.1. The van der Waals surface area contributed by atoms with Gasteiger partial charge in [0, 0.05) is 5.69 Å². The highest BCUT2D eigenvalue weighted by Gasteiger charge is 2.65. The summed E-state index contributed by atoms with van der Waals surface area (Å²) in [6.07, 6.45) is 1.68. The Morgan fingerprint density at radius 3 is 2.37 bits per heavy atom. The third-order valence-corrected chi connectivity index (χ3v) is 6.93. The molecule has 0 radical (unpaired) electrons. The number of hydrazone groups is 1. The van der Waals surface area contributed by atoms with Crippen molar-refractivity contribution in [3.63, 3.8) is 0 Å². The van der Waals surface area contributed by atoms with E-state index in [9.17, 15) is 14.4 Å². The van der Waals surface area contributed by atoms with Crippen LogP contribution in [0.3, 0.4) is 0 Å². The summed E-state index contributed by atoms with van der Waals surface area (Å²) in [5.41, 5.74) is 2.72. The molecule has 0 spiro atoms. The van der Waals surface area contributed by atoms with E-state index in [0.717, 1.165) is 11.1 Å². The first kappa shape index (κ1) is 21.1. The van der Waals surface area contributed by atoms with E-state index in [0.29, 0.717) is 17.1 Å². The summed E-state index contributed by atoms with van der Waals surface area (Å²) in [6.45, 7) is 0. The molecule has 8 nitrogen and oxygen atoms in total. The summed E-state index contributed by atoms with van der Waals surface area (Å²) in [5, 5.41) is 9.09. The van der Waals surface area contributed by atoms with Crippen LogP contribution < -0.4 is 15.0 Å². The highest BCUT2D eigenvalue weighted by molar-refractivity contribution is 6.25. The summed E-state index contributed by atoms with van der Waals surface area (Å²) in [5.74, 6) is -2.42. The van der Waals surface area contributed by atoms with Gasteiger partial charge < -0.3 is 10.1 Å². The fourth-order valence-electron chi connectivity index (χ4n) is 5.46. The number of carbonyl (C=O) groups is 3. The molecule has 3 aromatic carbocycles. The van der Waals surface area contributed by atoms with Crippen molar-refractivity contribution in [2.75, 3.05) is 17.3 Å². The molecule has 35 heavy (non-hydrogen) atoms. The molecule has 2 fully saturated rings. The normalized spacial score (nSPS) is 24.1. The lowest BCUT2D eigenvalue weighted by atomic mass is 9.85. The molecule has 3 amide bonds. The first-order valence-corrected chi connectivity index (χ1v) is 11.4. The van der Waals surface area contributed by atoms with Gasteiger partial charge in [0.2, 0.25) is 17.7 Å². The van der Waals surface area contributed by atoms with Gasteiger partial charge in [-0.25, -0.2) is 4.90 Å². The van der Waals surface area contributed by atoms with Crippen LogP contribution in [0.4, 0.5) is 11.4 Å². The van der Waals surface area contributed by atoms with Crippen LogP contribution in [0.15, 0.2) is 84.0 Å². The highest BCUT2D eigenvalue weighted by Crippen LogP contribution is 2.53. The van der Waals surface area contributed by atoms with Crippen LogP contribution in [-0.4, -0.2) is 42.1 Å². The van der Waals surface area contributed by atoms with Crippen molar-refractivity contribution in [2.24, 2.45) is 16.9 Å². The third-order valence-electron chi connectivity index (χ3n) is 6.93. The zero-order valence-electron chi connectivity index (χ0n) is 18.9. The third kappa shape index (κ3) is 3.13. The molecule has 0 aliphatic carbocycles. The molecular formula is C27H22N4O4. The van der Waals surface area contributed by atoms with Crippen molar-refractivity contribution in [1.82, 2.24) is 5.01 Å². The Morgan fingerprint density at radius 1 is 0.886 bits per heavy atom. The second-order valence-corrected chi connectivity index (χ2v) is 8.73. The molecule has 174 valence electrons. The van der Waals surface area contributed by atoms with Crippen molar-refractivity contribution in [3.8, 4) is 5.75 Å². The van der Waals surface area contributed by atoms with Crippen molar-refractivity contribution in [1.29, 1.82) is 0 Å². The molecule has 3 aromatic rings. The van der Waals surface area contributed by atoms with Crippen molar-refractivity contribution >= 4 is 35.3 Å². The number of nitrogens with zero attached hydrogens (tertiary/aromatic N) is 3. The highest BCUT2D eigenvalue weighted by atomic mass is 16.5. The summed E-state index contributed by atoms with van der Waals surface area (Å²) < 4.78 is 5.43. The van der Waals surface area contributed by atoms with E-state index in [1.54, 1.807) is 47.6 Å². The van der Waals surface area contributed by atoms with Gasteiger partial charge in [-0.05, 0) is 35.4 Å². The first-order valence-electron chi connectivity index (χ1n) is 11.4. The van der Waals surface area contributed by atoms with Gasteiger partial charge in [-0.15, -0.1) is 0 Å². The molecular weight excluding hydrogens is 444 g/mol. The van der Waals surface area contributed by atoms with Gasteiger partial charge in [-0.3, -0.25) is 19.4 Å². The number of hydrogen-bond acceptors (Lipinski definition) is 6. The SMILES string of the molecule is COc1ccccc1N1C(=O)[C@@H]2[C@H](C1=O)[C@@H]1c3ccccc3C=NN1[C@@H]2C(=O)Nc1ccccc1. The molecule has 0 unspecified atom stereocenters. The van der Waals surface area contributed by atoms with Gasteiger partial charge in [0.25, 0.3) is 0 Å². The van der Waals surface area contributed by atoms with Crippen LogP contribution in [0.25, 0.3) is 0 Å². The number of hydrogen-bond donors (Lipinski definition) is 1. The number of fused-ring (bicyclic) bond motifs is 5. The van der Waals surface area contributed by atoms with Gasteiger partial charge in [0.1, 0.15) is 11.8 Å². The van der Waals surface area contributed by atoms with Crippen LogP contribution in [0.5, 0.6) is 5.75 Å². The lowest BCUT2D eigenvalue weighted by Crippen LogP contribution is -2.46. The Kier molecular flexibility index (Phi) is 4.88. The molecule has 1 N–H and O–H groups in total. The average molecular weight is 466 g/mol. The van der Waals surface area contributed by atoms with E-state index < -0.39 is 29.8 Å². The summed E-state index contributed by atoms with van der Waals surface area (Å²) in [4.78, 5) is 42.6. The molecule has 4 atom stereocenters. The summed E-state index contributed by atoms with van der Waals surface area (Å²) in [7, 11) is 1.49. The Bertz CT molecular complexity index is 1370. The van der Waals surface area contributed by atoms with E-state index in [4.69, 9.17) is 4.74 Å². The monoisotopic (exact) mass is 466 g/mol. The van der Waals surface area contributed by atoms with Gasteiger partial charge in [-0.1, -0.05) is 54.6 Å². The standard InChI is InChI=1S/C27H22N4O4/c1-35-20-14-8-7-13-19(20)30-26(33)21-22(27(30)34)24(25(32)29-17-10-3-2-4-11-17)31-23(21)18-12-6-5-9-16(18)15-28-31/h2-15,21-24H,1H3,(H,29,32)/t21-,22+,23-,24-/m0/s1. The second-order valence-electron chi connectivity index (χ2n) is 8.73. The minimum atomic E-state index is -0.953. The molecule has 0 saturated carbocycles. The second kappa shape index (κ2) is 8.09. The minimum Gasteiger partial charge on any atom is -0.495 e. The maximum Gasteiger partial charge on any atom is 0.249 e. The quantitative estimate of drug-likeness (QED) is 0.597. The fraction of sp³-hybridized carbons (Fsp3) is 0.185. The number of amides is 3. The maximum absolute atomic E-state index is 13.9.